The minimum absolute atomic E-state index is 0.00644. The Labute approximate surface area is 155 Å². The Bertz CT molecular complexity index is 943. The average Bonchev–Trinajstić information content (AvgIpc) is 2.65. The van der Waals surface area contributed by atoms with Crippen LogP contribution in [-0.2, 0) is 6.42 Å². The summed E-state index contributed by atoms with van der Waals surface area (Å²) in [6.45, 7) is 0.295. The van der Waals surface area contributed by atoms with Gasteiger partial charge in [0.05, 0.1) is 25.5 Å². The lowest BCUT2D eigenvalue weighted by Crippen LogP contribution is -2.37. The molecule has 0 bridgehead atoms. The summed E-state index contributed by atoms with van der Waals surface area (Å²) in [5, 5.41) is 9.86. The molecule has 142 valence electrons. The number of aromatic hydroxyl groups is 1. The Morgan fingerprint density at radius 2 is 1.96 bits per heavy atom. The average molecular weight is 373 g/mol. The standard InChI is InChI=1S/C19H20FN3O4/c1-26-15-4-3-10-5-6-23(19(25)17(10)18(15)20)13(9-21)11-7-16(27-2)14(24)8-12(11)22/h3-4,7-9,24H,5-6,21-22H2,1-2H3/b13-9+. The zero-order valence-electron chi connectivity index (χ0n) is 15.0. The molecule has 0 spiro atoms. The molecule has 2 aromatic rings. The molecule has 1 amide bonds. The highest BCUT2D eigenvalue weighted by Gasteiger charge is 2.32. The minimum Gasteiger partial charge on any atom is -0.504 e. The SMILES string of the molecule is COc1cc(/C(=C\N)N2CCc3ccc(OC)c(F)c3C2=O)c(N)cc1O. The Kier molecular flexibility index (Phi) is 4.81. The number of rotatable bonds is 4. The third kappa shape index (κ3) is 2.99. The van der Waals surface area contributed by atoms with Crippen LogP contribution in [0.1, 0.15) is 21.5 Å². The fourth-order valence-corrected chi connectivity index (χ4v) is 3.19. The fraction of sp³-hybridized carbons (Fsp3) is 0.211. The Hall–Kier alpha value is -3.42. The van der Waals surface area contributed by atoms with Gasteiger partial charge < -0.3 is 30.9 Å². The summed E-state index contributed by atoms with van der Waals surface area (Å²) >= 11 is 0. The van der Waals surface area contributed by atoms with Crippen molar-refractivity contribution in [2.45, 2.75) is 6.42 Å². The van der Waals surface area contributed by atoms with E-state index in [1.165, 1.54) is 43.5 Å². The van der Waals surface area contributed by atoms with Crippen LogP contribution < -0.4 is 20.9 Å². The van der Waals surface area contributed by atoms with Crippen LogP contribution in [0.4, 0.5) is 10.1 Å². The van der Waals surface area contributed by atoms with E-state index in [0.29, 0.717) is 29.8 Å². The number of phenols is 1. The van der Waals surface area contributed by atoms with Crippen molar-refractivity contribution in [3.8, 4) is 17.2 Å². The highest BCUT2D eigenvalue weighted by atomic mass is 19.1. The molecule has 7 nitrogen and oxygen atoms in total. The van der Waals surface area contributed by atoms with Crippen LogP contribution in [0, 0.1) is 5.82 Å². The van der Waals surface area contributed by atoms with Crippen LogP contribution in [0.25, 0.3) is 5.70 Å². The summed E-state index contributed by atoms with van der Waals surface area (Å²) in [5.74, 6) is -1.22. The van der Waals surface area contributed by atoms with Gasteiger partial charge in [-0.1, -0.05) is 6.07 Å². The number of carbonyl (C=O) groups is 1. The number of phenolic OH excluding ortho intramolecular Hbond substituents is 1. The van der Waals surface area contributed by atoms with Crippen molar-refractivity contribution in [3.05, 3.63) is 53.0 Å². The van der Waals surface area contributed by atoms with Crippen molar-refractivity contribution in [1.29, 1.82) is 0 Å². The number of anilines is 1. The largest absolute Gasteiger partial charge is 0.504 e. The van der Waals surface area contributed by atoms with Crippen LogP contribution in [0.5, 0.6) is 17.2 Å². The van der Waals surface area contributed by atoms with Crippen molar-refractivity contribution in [1.82, 2.24) is 4.90 Å². The molecule has 27 heavy (non-hydrogen) atoms. The number of fused-ring (bicyclic) bond motifs is 1. The quantitative estimate of drug-likeness (QED) is 0.708. The maximum atomic E-state index is 14.7. The van der Waals surface area contributed by atoms with Crippen molar-refractivity contribution in [2.24, 2.45) is 5.73 Å². The summed E-state index contributed by atoms with van der Waals surface area (Å²) in [7, 11) is 2.73. The number of nitrogen functional groups attached to an aromatic ring is 1. The number of carbonyl (C=O) groups excluding carboxylic acids is 1. The molecule has 8 heteroatoms. The zero-order chi connectivity index (χ0) is 19.7. The van der Waals surface area contributed by atoms with Gasteiger partial charge in [-0.05, 0) is 24.1 Å². The molecule has 0 aliphatic carbocycles. The molecule has 1 aliphatic rings. The summed E-state index contributed by atoms with van der Waals surface area (Å²) < 4.78 is 24.8. The van der Waals surface area contributed by atoms with Gasteiger partial charge in [0.2, 0.25) is 0 Å². The molecule has 1 aliphatic heterocycles. The third-order valence-corrected chi connectivity index (χ3v) is 4.55. The van der Waals surface area contributed by atoms with Gasteiger partial charge in [0.1, 0.15) is 0 Å². The van der Waals surface area contributed by atoms with E-state index >= 15 is 0 Å². The van der Waals surface area contributed by atoms with Gasteiger partial charge in [-0.25, -0.2) is 4.39 Å². The first kappa shape index (κ1) is 18.4. The van der Waals surface area contributed by atoms with E-state index in [0.717, 1.165) is 0 Å². The maximum absolute atomic E-state index is 14.7. The molecule has 5 N–H and O–H groups in total. The van der Waals surface area contributed by atoms with Gasteiger partial charge in [-0.15, -0.1) is 0 Å². The lowest BCUT2D eigenvalue weighted by Gasteiger charge is -2.31. The van der Waals surface area contributed by atoms with E-state index in [-0.39, 0.29) is 28.5 Å². The van der Waals surface area contributed by atoms with E-state index in [2.05, 4.69) is 0 Å². The van der Waals surface area contributed by atoms with Gasteiger partial charge in [0.15, 0.2) is 23.1 Å². The van der Waals surface area contributed by atoms with Crippen molar-refractivity contribution < 1.29 is 23.8 Å². The number of ether oxygens (including phenoxy) is 2. The summed E-state index contributed by atoms with van der Waals surface area (Å²) in [4.78, 5) is 14.4. The number of methoxy groups -OCH3 is 2. The molecular formula is C19H20FN3O4. The Balaban J connectivity index is 2.08. The van der Waals surface area contributed by atoms with Gasteiger partial charge in [0.25, 0.3) is 5.91 Å². The maximum Gasteiger partial charge on any atom is 0.261 e. The van der Waals surface area contributed by atoms with Gasteiger partial charge in [0, 0.05) is 30.1 Å². The van der Waals surface area contributed by atoms with E-state index < -0.39 is 11.7 Å². The third-order valence-electron chi connectivity index (χ3n) is 4.55. The lowest BCUT2D eigenvalue weighted by molar-refractivity contribution is 0.0816. The van der Waals surface area contributed by atoms with Crippen LogP contribution >= 0.6 is 0 Å². The topological polar surface area (TPSA) is 111 Å². The highest BCUT2D eigenvalue weighted by molar-refractivity contribution is 6.03. The minimum atomic E-state index is -0.711. The molecule has 0 aromatic heterocycles. The second-order valence-corrected chi connectivity index (χ2v) is 5.99. The predicted molar refractivity (Wildman–Crippen MR) is 98.9 cm³/mol. The molecule has 1 heterocycles. The second-order valence-electron chi connectivity index (χ2n) is 5.99. The first-order valence-corrected chi connectivity index (χ1v) is 8.18. The molecule has 0 radical (unpaired) electrons. The molecule has 0 saturated carbocycles. The first-order chi connectivity index (χ1) is 12.9. The summed E-state index contributed by atoms with van der Waals surface area (Å²) in [6.07, 6.45) is 1.66. The highest BCUT2D eigenvalue weighted by Crippen LogP contribution is 2.37. The number of nitrogens with zero attached hydrogens (tertiary/aromatic N) is 1. The molecule has 0 fully saturated rings. The monoisotopic (exact) mass is 373 g/mol. The number of hydrogen-bond donors (Lipinski definition) is 3. The number of amides is 1. The van der Waals surface area contributed by atoms with Crippen LogP contribution in [0.2, 0.25) is 0 Å². The van der Waals surface area contributed by atoms with Crippen molar-refractivity contribution in [2.75, 3.05) is 26.5 Å². The fourth-order valence-electron chi connectivity index (χ4n) is 3.19. The van der Waals surface area contributed by atoms with Crippen molar-refractivity contribution >= 4 is 17.3 Å². The first-order valence-electron chi connectivity index (χ1n) is 8.18. The Morgan fingerprint density at radius 3 is 2.59 bits per heavy atom. The normalized spacial score (nSPS) is 14.1. The summed E-state index contributed by atoms with van der Waals surface area (Å²) in [6, 6.07) is 5.97. The van der Waals surface area contributed by atoms with Crippen LogP contribution in [-0.4, -0.2) is 36.7 Å². The lowest BCUT2D eigenvalue weighted by atomic mass is 9.96. The van der Waals surface area contributed by atoms with Gasteiger partial charge in [-0.3, -0.25) is 4.79 Å². The number of hydrogen-bond acceptors (Lipinski definition) is 6. The van der Waals surface area contributed by atoms with Crippen LogP contribution in [0.3, 0.4) is 0 Å². The molecule has 0 saturated heterocycles. The number of benzene rings is 2. The molecule has 2 aromatic carbocycles. The molecule has 3 rings (SSSR count). The summed E-state index contributed by atoms with van der Waals surface area (Å²) in [5.41, 5.74) is 13.2. The second kappa shape index (κ2) is 7.06. The molecular weight excluding hydrogens is 353 g/mol. The van der Waals surface area contributed by atoms with E-state index in [9.17, 15) is 14.3 Å². The van der Waals surface area contributed by atoms with Gasteiger partial charge in [-0.2, -0.15) is 0 Å². The van der Waals surface area contributed by atoms with Crippen LogP contribution in [0.15, 0.2) is 30.5 Å². The molecule has 0 unspecified atom stereocenters. The Morgan fingerprint density at radius 1 is 1.26 bits per heavy atom. The van der Waals surface area contributed by atoms with E-state index in [1.54, 1.807) is 6.07 Å². The van der Waals surface area contributed by atoms with Crippen molar-refractivity contribution in [3.63, 3.8) is 0 Å². The van der Waals surface area contributed by atoms with Gasteiger partial charge >= 0.3 is 0 Å². The predicted octanol–water partition coefficient (Wildman–Crippen LogP) is 2.09. The number of halogens is 1. The number of nitrogens with two attached hydrogens (primary N) is 2. The zero-order valence-corrected chi connectivity index (χ0v) is 15.0. The smallest absolute Gasteiger partial charge is 0.261 e. The van der Waals surface area contributed by atoms with E-state index in [4.69, 9.17) is 20.9 Å². The van der Waals surface area contributed by atoms with E-state index in [1.807, 2.05) is 0 Å². The molecule has 0 atom stereocenters.